The summed E-state index contributed by atoms with van der Waals surface area (Å²) in [5.41, 5.74) is 5.54. The lowest BCUT2D eigenvalue weighted by atomic mass is 10.1. The maximum Gasteiger partial charge on any atom is 0.0983 e. The van der Waals surface area contributed by atoms with E-state index in [2.05, 4.69) is 44.4 Å². The van der Waals surface area contributed by atoms with Gasteiger partial charge >= 0.3 is 0 Å². The molecular weight excluding hydrogens is 300 g/mol. The molecule has 0 radical (unpaired) electrons. The molecule has 0 aliphatic rings. The molecule has 0 amide bonds. The molecule has 0 unspecified atom stereocenters. The minimum Gasteiger partial charge on any atom is -0.312 e. The monoisotopic (exact) mass is 324 g/mol. The Hall–Kier alpha value is -2.47. The lowest BCUT2D eigenvalue weighted by Crippen LogP contribution is -2.17. The number of hydrogen-bond acceptors (Lipinski definition) is 4. The van der Waals surface area contributed by atoms with Gasteiger partial charge in [0.25, 0.3) is 0 Å². The van der Waals surface area contributed by atoms with Crippen molar-refractivity contribution >= 4 is 0 Å². The lowest BCUT2D eigenvalue weighted by molar-refractivity contribution is 0.532. The van der Waals surface area contributed by atoms with Crippen LogP contribution in [-0.2, 0) is 20.1 Å². The van der Waals surface area contributed by atoms with Crippen LogP contribution in [0.15, 0.2) is 36.8 Å². The second-order valence-corrected chi connectivity index (χ2v) is 6.10. The highest BCUT2D eigenvalue weighted by atomic mass is 15.3. The maximum atomic E-state index is 4.56. The maximum absolute atomic E-state index is 4.56. The van der Waals surface area contributed by atoms with Gasteiger partial charge in [0.1, 0.15) is 0 Å². The van der Waals surface area contributed by atoms with Gasteiger partial charge in [-0.2, -0.15) is 10.2 Å². The van der Waals surface area contributed by atoms with Crippen LogP contribution in [0.2, 0.25) is 0 Å². The lowest BCUT2D eigenvalue weighted by Gasteiger charge is -2.07. The molecule has 0 fully saturated rings. The van der Waals surface area contributed by atoms with E-state index in [0.717, 1.165) is 43.0 Å². The predicted molar refractivity (Wildman–Crippen MR) is 94.5 cm³/mol. The first-order valence-corrected chi connectivity index (χ1v) is 8.28. The van der Waals surface area contributed by atoms with Gasteiger partial charge in [-0.15, -0.1) is 0 Å². The molecule has 24 heavy (non-hydrogen) atoms. The Morgan fingerprint density at radius 1 is 1.21 bits per heavy atom. The quantitative estimate of drug-likeness (QED) is 0.678. The van der Waals surface area contributed by atoms with Gasteiger partial charge in [0, 0.05) is 55.5 Å². The Morgan fingerprint density at radius 3 is 2.79 bits per heavy atom. The van der Waals surface area contributed by atoms with E-state index in [1.807, 2.05) is 37.0 Å². The summed E-state index contributed by atoms with van der Waals surface area (Å²) in [6, 6.07) is 6.10. The number of rotatable bonds is 7. The fourth-order valence-corrected chi connectivity index (χ4v) is 2.89. The SMILES string of the molecule is Cc1cc(C)n(CCCNCc2cn(C)nc2-c2cccnc2)n1. The first kappa shape index (κ1) is 16.4. The Labute approximate surface area is 142 Å². The Balaban J connectivity index is 1.53. The highest BCUT2D eigenvalue weighted by Gasteiger charge is 2.09. The fraction of sp³-hybridized carbons (Fsp3) is 0.389. The van der Waals surface area contributed by atoms with Crippen molar-refractivity contribution in [3.05, 3.63) is 53.7 Å². The number of pyridine rings is 1. The molecule has 1 N–H and O–H groups in total. The highest BCUT2D eigenvalue weighted by Crippen LogP contribution is 2.20. The molecule has 3 aromatic rings. The van der Waals surface area contributed by atoms with Gasteiger partial charge < -0.3 is 5.32 Å². The average molecular weight is 324 g/mol. The normalized spacial score (nSPS) is 11.1. The number of nitrogens with zero attached hydrogens (tertiary/aromatic N) is 5. The molecule has 3 aromatic heterocycles. The summed E-state index contributed by atoms with van der Waals surface area (Å²) >= 11 is 0. The Morgan fingerprint density at radius 2 is 2.08 bits per heavy atom. The summed E-state index contributed by atoms with van der Waals surface area (Å²) in [5, 5.41) is 12.6. The van der Waals surface area contributed by atoms with Crippen LogP contribution in [0.4, 0.5) is 0 Å². The van der Waals surface area contributed by atoms with Crippen LogP contribution in [-0.4, -0.2) is 31.1 Å². The van der Waals surface area contributed by atoms with E-state index in [9.17, 15) is 0 Å². The summed E-state index contributed by atoms with van der Waals surface area (Å²) < 4.78 is 3.93. The molecule has 126 valence electrons. The number of aryl methyl sites for hydroxylation is 4. The van der Waals surface area contributed by atoms with E-state index in [-0.39, 0.29) is 0 Å². The van der Waals surface area contributed by atoms with E-state index in [0.29, 0.717) is 0 Å². The van der Waals surface area contributed by atoms with Crippen LogP contribution >= 0.6 is 0 Å². The molecule has 3 rings (SSSR count). The van der Waals surface area contributed by atoms with Crippen LogP contribution in [0.1, 0.15) is 23.4 Å². The number of hydrogen-bond donors (Lipinski definition) is 1. The third kappa shape index (κ3) is 3.89. The van der Waals surface area contributed by atoms with Crippen molar-refractivity contribution in [3.8, 4) is 11.3 Å². The third-order valence-electron chi connectivity index (χ3n) is 3.98. The van der Waals surface area contributed by atoms with E-state index < -0.39 is 0 Å². The van der Waals surface area contributed by atoms with Gasteiger partial charge in [-0.3, -0.25) is 14.3 Å². The van der Waals surface area contributed by atoms with Gasteiger partial charge in [0.15, 0.2) is 0 Å². The minimum absolute atomic E-state index is 0.801. The summed E-state index contributed by atoms with van der Waals surface area (Å²) in [6.07, 6.45) is 6.75. The molecule has 0 saturated carbocycles. The van der Waals surface area contributed by atoms with Gasteiger partial charge in [-0.1, -0.05) is 0 Å². The van der Waals surface area contributed by atoms with Crippen molar-refractivity contribution in [3.63, 3.8) is 0 Å². The van der Waals surface area contributed by atoms with Crippen LogP contribution in [0, 0.1) is 13.8 Å². The highest BCUT2D eigenvalue weighted by molar-refractivity contribution is 5.61. The van der Waals surface area contributed by atoms with Gasteiger partial charge in [0.05, 0.1) is 11.4 Å². The third-order valence-corrected chi connectivity index (χ3v) is 3.98. The van der Waals surface area contributed by atoms with E-state index >= 15 is 0 Å². The molecule has 0 spiro atoms. The second-order valence-electron chi connectivity index (χ2n) is 6.10. The standard InChI is InChI=1S/C18H24N6/c1-14-10-15(2)24(21-14)9-5-8-20-12-17-13-23(3)22-18(17)16-6-4-7-19-11-16/h4,6-7,10-11,13,20H,5,8-9,12H2,1-3H3. The average Bonchev–Trinajstić information content (AvgIpc) is 3.10. The summed E-state index contributed by atoms with van der Waals surface area (Å²) in [4.78, 5) is 4.19. The molecule has 0 aliphatic heterocycles. The molecule has 6 heteroatoms. The zero-order valence-corrected chi connectivity index (χ0v) is 14.5. The Bertz CT molecular complexity index is 787. The molecule has 0 atom stereocenters. The van der Waals surface area contributed by atoms with E-state index in [4.69, 9.17) is 0 Å². The first-order chi connectivity index (χ1) is 11.6. The van der Waals surface area contributed by atoms with Crippen molar-refractivity contribution in [2.75, 3.05) is 6.54 Å². The molecule has 3 heterocycles. The summed E-state index contributed by atoms with van der Waals surface area (Å²) in [6.45, 7) is 6.82. The summed E-state index contributed by atoms with van der Waals surface area (Å²) in [5.74, 6) is 0. The molecule has 0 aliphatic carbocycles. The minimum atomic E-state index is 0.801. The zero-order chi connectivity index (χ0) is 16.9. The van der Waals surface area contributed by atoms with E-state index in [1.54, 1.807) is 6.20 Å². The van der Waals surface area contributed by atoms with Gasteiger partial charge in [-0.25, -0.2) is 0 Å². The Kier molecular flexibility index (Phi) is 5.05. The predicted octanol–water partition coefficient (Wildman–Crippen LogP) is 2.48. The molecule has 0 aromatic carbocycles. The van der Waals surface area contributed by atoms with Crippen LogP contribution in [0.3, 0.4) is 0 Å². The van der Waals surface area contributed by atoms with E-state index in [1.165, 1.54) is 11.3 Å². The number of aromatic nitrogens is 5. The zero-order valence-electron chi connectivity index (χ0n) is 14.5. The number of nitrogens with one attached hydrogen (secondary N) is 1. The van der Waals surface area contributed by atoms with Crippen LogP contribution in [0.25, 0.3) is 11.3 Å². The molecule has 0 bridgehead atoms. The smallest absolute Gasteiger partial charge is 0.0983 e. The van der Waals surface area contributed by atoms with Crippen molar-refractivity contribution in [1.82, 2.24) is 29.9 Å². The molecule has 0 saturated heterocycles. The summed E-state index contributed by atoms with van der Waals surface area (Å²) in [7, 11) is 1.95. The van der Waals surface area contributed by atoms with Crippen LogP contribution in [0.5, 0.6) is 0 Å². The largest absolute Gasteiger partial charge is 0.312 e. The van der Waals surface area contributed by atoms with Crippen molar-refractivity contribution in [1.29, 1.82) is 0 Å². The van der Waals surface area contributed by atoms with Crippen molar-refractivity contribution < 1.29 is 0 Å². The first-order valence-electron chi connectivity index (χ1n) is 8.28. The fourth-order valence-electron chi connectivity index (χ4n) is 2.89. The van der Waals surface area contributed by atoms with Gasteiger partial charge in [0.2, 0.25) is 0 Å². The topological polar surface area (TPSA) is 60.6 Å². The van der Waals surface area contributed by atoms with Crippen molar-refractivity contribution in [2.24, 2.45) is 7.05 Å². The van der Waals surface area contributed by atoms with Crippen LogP contribution < -0.4 is 5.32 Å². The molecule has 6 nitrogen and oxygen atoms in total. The van der Waals surface area contributed by atoms with Gasteiger partial charge in [-0.05, 0) is 45.0 Å². The molecular formula is C18H24N6. The van der Waals surface area contributed by atoms with Crippen molar-refractivity contribution in [2.45, 2.75) is 33.4 Å². The second kappa shape index (κ2) is 7.40.